The van der Waals surface area contributed by atoms with E-state index in [1.165, 1.54) is 18.4 Å². The number of carbonyl (C=O) groups excluding carboxylic acids is 1. The standard InChI is InChI=1S/C19H25N3O/c1-3-15-8-10-16(11-9-15)14(2)22-19(23)17(12-20)13-21-18-6-4-5-7-18/h8-11,13-14,18,21H,3-7H2,1-2H3,(H,22,23)/b17-13-. The highest BCUT2D eigenvalue weighted by Gasteiger charge is 2.16. The van der Waals surface area contributed by atoms with E-state index in [1.807, 2.05) is 25.1 Å². The zero-order valence-corrected chi connectivity index (χ0v) is 13.9. The van der Waals surface area contributed by atoms with Crippen LogP contribution in [0.2, 0.25) is 0 Å². The fraction of sp³-hybridized carbons (Fsp3) is 0.474. The van der Waals surface area contributed by atoms with Crippen molar-refractivity contribution in [1.82, 2.24) is 10.6 Å². The third kappa shape index (κ3) is 4.85. The number of hydrogen-bond donors (Lipinski definition) is 2. The SMILES string of the molecule is CCc1ccc(C(C)NC(=O)/C(C#N)=C\NC2CCCC2)cc1. The Balaban J connectivity index is 1.94. The molecule has 0 aromatic heterocycles. The van der Waals surface area contributed by atoms with Gasteiger partial charge in [-0.3, -0.25) is 4.79 Å². The molecular formula is C19H25N3O. The van der Waals surface area contributed by atoms with Crippen molar-refractivity contribution in [2.24, 2.45) is 0 Å². The Morgan fingerprint density at radius 3 is 2.57 bits per heavy atom. The Morgan fingerprint density at radius 1 is 1.35 bits per heavy atom. The maximum Gasteiger partial charge on any atom is 0.263 e. The molecule has 2 rings (SSSR count). The van der Waals surface area contributed by atoms with Gasteiger partial charge in [0.25, 0.3) is 5.91 Å². The van der Waals surface area contributed by atoms with Crippen LogP contribution in [0.5, 0.6) is 0 Å². The van der Waals surface area contributed by atoms with Gasteiger partial charge < -0.3 is 10.6 Å². The largest absolute Gasteiger partial charge is 0.387 e. The van der Waals surface area contributed by atoms with Crippen molar-refractivity contribution in [1.29, 1.82) is 5.26 Å². The highest BCUT2D eigenvalue weighted by molar-refractivity contribution is 5.97. The van der Waals surface area contributed by atoms with Crippen LogP contribution in [0.15, 0.2) is 36.0 Å². The predicted molar refractivity (Wildman–Crippen MR) is 91.5 cm³/mol. The Labute approximate surface area is 138 Å². The van der Waals surface area contributed by atoms with Gasteiger partial charge in [0.05, 0.1) is 6.04 Å². The van der Waals surface area contributed by atoms with Crippen molar-refractivity contribution in [2.75, 3.05) is 0 Å². The summed E-state index contributed by atoms with van der Waals surface area (Å²) in [6, 6.07) is 10.4. The summed E-state index contributed by atoms with van der Waals surface area (Å²) in [5.74, 6) is -0.329. The van der Waals surface area contributed by atoms with Gasteiger partial charge in [0, 0.05) is 12.2 Å². The Morgan fingerprint density at radius 2 is 2.00 bits per heavy atom. The summed E-state index contributed by atoms with van der Waals surface area (Å²) in [6.45, 7) is 4.04. The summed E-state index contributed by atoms with van der Waals surface area (Å²) < 4.78 is 0. The van der Waals surface area contributed by atoms with Crippen molar-refractivity contribution in [3.8, 4) is 6.07 Å². The number of carbonyl (C=O) groups is 1. The van der Waals surface area contributed by atoms with Crippen LogP contribution < -0.4 is 10.6 Å². The molecule has 1 amide bonds. The predicted octanol–water partition coefficient (Wildman–Crippen LogP) is 3.37. The van der Waals surface area contributed by atoms with E-state index in [9.17, 15) is 10.1 Å². The average Bonchev–Trinajstić information content (AvgIpc) is 3.09. The third-order valence-electron chi connectivity index (χ3n) is 4.42. The smallest absolute Gasteiger partial charge is 0.263 e. The summed E-state index contributed by atoms with van der Waals surface area (Å²) in [7, 11) is 0. The van der Waals surface area contributed by atoms with Gasteiger partial charge in [0.15, 0.2) is 0 Å². The summed E-state index contributed by atoms with van der Waals surface area (Å²) in [6.07, 6.45) is 7.20. The number of nitrogens with one attached hydrogen (secondary N) is 2. The molecule has 23 heavy (non-hydrogen) atoms. The monoisotopic (exact) mass is 311 g/mol. The topological polar surface area (TPSA) is 64.9 Å². The van der Waals surface area contributed by atoms with Gasteiger partial charge in [-0.15, -0.1) is 0 Å². The van der Waals surface area contributed by atoms with E-state index in [4.69, 9.17) is 0 Å². The van der Waals surface area contributed by atoms with Gasteiger partial charge in [-0.1, -0.05) is 44.0 Å². The van der Waals surface area contributed by atoms with Crippen molar-refractivity contribution in [3.63, 3.8) is 0 Å². The van der Waals surface area contributed by atoms with Crippen LogP contribution in [0.1, 0.15) is 56.7 Å². The lowest BCUT2D eigenvalue weighted by molar-refractivity contribution is -0.117. The first kappa shape index (κ1) is 17.1. The molecule has 1 unspecified atom stereocenters. The maximum atomic E-state index is 12.2. The molecule has 0 aliphatic heterocycles. The van der Waals surface area contributed by atoms with Gasteiger partial charge in [-0.25, -0.2) is 0 Å². The molecule has 0 bridgehead atoms. The van der Waals surface area contributed by atoms with Gasteiger partial charge in [0.1, 0.15) is 11.6 Å². The summed E-state index contributed by atoms with van der Waals surface area (Å²) in [4.78, 5) is 12.2. The number of benzene rings is 1. The normalized spacial score (nSPS) is 16.7. The summed E-state index contributed by atoms with van der Waals surface area (Å²) >= 11 is 0. The Bertz CT molecular complexity index is 592. The van der Waals surface area contributed by atoms with Crippen molar-refractivity contribution < 1.29 is 4.79 Å². The molecule has 1 fully saturated rings. The number of rotatable bonds is 6. The number of amides is 1. The minimum atomic E-state index is -0.329. The fourth-order valence-corrected chi connectivity index (χ4v) is 2.84. The second-order valence-corrected chi connectivity index (χ2v) is 6.11. The van der Waals surface area contributed by atoms with E-state index in [-0.39, 0.29) is 17.5 Å². The highest BCUT2D eigenvalue weighted by atomic mass is 16.1. The lowest BCUT2D eigenvalue weighted by atomic mass is 10.0. The van der Waals surface area contributed by atoms with Gasteiger partial charge >= 0.3 is 0 Å². The van der Waals surface area contributed by atoms with Crippen LogP contribution in [0.25, 0.3) is 0 Å². The van der Waals surface area contributed by atoms with E-state index in [1.54, 1.807) is 6.20 Å². The first-order valence-electron chi connectivity index (χ1n) is 8.40. The molecule has 4 heteroatoms. The molecule has 0 radical (unpaired) electrons. The molecule has 1 saturated carbocycles. The molecule has 1 aliphatic rings. The van der Waals surface area contributed by atoms with Gasteiger partial charge in [0.2, 0.25) is 0 Å². The van der Waals surface area contributed by atoms with Crippen molar-refractivity contribution in [3.05, 3.63) is 47.2 Å². The third-order valence-corrected chi connectivity index (χ3v) is 4.42. The van der Waals surface area contributed by atoms with Crippen LogP contribution in [-0.2, 0) is 11.2 Å². The fourth-order valence-electron chi connectivity index (χ4n) is 2.84. The lowest BCUT2D eigenvalue weighted by Crippen LogP contribution is -2.29. The van der Waals surface area contributed by atoms with Crippen LogP contribution in [0.4, 0.5) is 0 Å². The molecule has 4 nitrogen and oxygen atoms in total. The van der Waals surface area contributed by atoms with Crippen molar-refractivity contribution >= 4 is 5.91 Å². The number of aryl methyl sites for hydroxylation is 1. The number of nitrogens with zero attached hydrogens (tertiary/aromatic N) is 1. The molecule has 1 atom stereocenters. The van der Waals surface area contributed by atoms with Gasteiger partial charge in [-0.2, -0.15) is 5.26 Å². The molecule has 0 spiro atoms. The first-order chi connectivity index (χ1) is 11.1. The summed E-state index contributed by atoms with van der Waals surface area (Å²) in [5, 5.41) is 15.3. The van der Waals surface area contributed by atoms with Gasteiger partial charge in [-0.05, 0) is 37.3 Å². The van der Waals surface area contributed by atoms with E-state index < -0.39 is 0 Å². The van der Waals surface area contributed by atoms with E-state index in [0.717, 1.165) is 24.8 Å². The zero-order valence-electron chi connectivity index (χ0n) is 13.9. The molecule has 2 N–H and O–H groups in total. The first-order valence-corrected chi connectivity index (χ1v) is 8.40. The van der Waals surface area contributed by atoms with Crippen LogP contribution in [-0.4, -0.2) is 11.9 Å². The Kier molecular flexibility index (Phi) is 6.22. The summed E-state index contributed by atoms with van der Waals surface area (Å²) in [5.41, 5.74) is 2.44. The minimum Gasteiger partial charge on any atom is -0.387 e. The number of hydrogen-bond acceptors (Lipinski definition) is 3. The molecule has 0 saturated heterocycles. The lowest BCUT2D eigenvalue weighted by Gasteiger charge is -2.15. The zero-order chi connectivity index (χ0) is 16.7. The van der Waals surface area contributed by atoms with E-state index in [2.05, 4.69) is 29.7 Å². The number of nitriles is 1. The molecule has 1 aromatic carbocycles. The minimum absolute atomic E-state index is 0.128. The van der Waals surface area contributed by atoms with Crippen LogP contribution >= 0.6 is 0 Å². The Hall–Kier alpha value is -2.28. The van der Waals surface area contributed by atoms with E-state index >= 15 is 0 Å². The van der Waals surface area contributed by atoms with Crippen molar-refractivity contribution in [2.45, 2.75) is 58.0 Å². The second-order valence-electron chi connectivity index (χ2n) is 6.11. The highest BCUT2D eigenvalue weighted by Crippen LogP contribution is 2.18. The molecule has 0 heterocycles. The quantitative estimate of drug-likeness (QED) is 0.625. The van der Waals surface area contributed by atoms with E-state index in [0.29, 0.717) is 6.04 Å². The maximum absolute atomic E-state index is 12.2. The molecule has 1 aliphatic carbocycles. The van der Waals surface area contributed by atoms with Crippen LogP contribution in [0.3, 0.4) is 0 Å². The molecular weight excluding hydrogens is 286 g/mol. The van der Waals surface area contributed by atoms with Crippen LogP contribution in [0, 0.1) is 11.3 Å². The average molecular weight is 311 g/mol. The second kappa shape index (κ2) is 8.38. The molecule has 122 valence electrons. The molecule has 1 aromatic rings.